The van der Waals surface area contributed by atoms with Crippen molar-refractivity contribution in [3.05, 3.63) is 99.3 Å². The third-order valence-corrected chi connectivity index (χ3v) is 12.5. The molecule has 18 heteroatoms. The number of thiazole rings is 2. The van der Waals surface area contributed by atoms with Crippen molar-refractivity contribution in [3.63, 3.8) is 0 Å². The normalized spacial score (nSPS) is 19.6. The Morgan fingerprint density at radius 2 is 1.28 bits per heavy atom. The summed E-state index contributed by atoms with van der Waals surface area (Å²) in [5.41, 5.74) is 9.92. The number of carbonyl (C=O) groups excluding carboxylic acids is 4. The number of likely N-dealkylation sites (tertiary alicyclic amines) is 2. The Balaban J connectivity index is 0.883. The highest BCUT2D eigenvalue weighted by Gasteiger charge is 2.39. The van der Waals surface area contributed by atoms with Crippen LogP contribution >= 0.6 is 22.7 Å². The molecule has 0 saturated carbocycles. The highest BCUT2D eigenvalue weighted by molar-refractivity contribution is 7.07. The van der Waals surface area contributed by atoms with E-state index in [0.29, 0.717) is 25.5 Å². The molecule has 1 unspecified atom stereocenters. The van der Waals surface area contributed by atoms with Crippen molar-refractivity contribution in [1.29, 1.82) is 0 Å². The summed E-state index contributed by atoms with van der Waals surface area (Å²) in [7, 11) is 2.56. The number of methoxy groups -OCH3 is 2. The Morgan fingerprint density at radius 1 is 0.750 bits per heavy atom. The number of H-pyrrole nitrogens is 1. The molecule has 0 aliphatic carbocycles. The molecule has 2 saturated heterocycles. The van der Waals surface area contributed by atoms with Crippen LogP contribution in [-0.2, 0) is 31.9 Å². The minimum atomic E-state index is -0.811. The Bertz CT molecular complexity index is 2300. The van der Waals surface area contributed by atoms with Gasteiger partial charge in [-0.2, -0.15) is 0 Å². The van der Waals surface area contributed by atoms with E-state index in [4.69, 9.17) is 19.5 Å². The minimum Gasteiger partial charge on any atom is -0.453 e. The van der Waals surface area contributed by atoms with E-state index in [1.54, 1.807) is 22.1 Å². The van der Waals surface area contributed by atoms with Gasteiger partial charge in [-0.3, -0.25) is 14.6 Å². The number of alkyl carbamates (subject to hydrolysis) is 2. The lowest BCUT2D eigenvalue weighted by Gasteiger charge is -2.29. The van der Waals surface area contributed by atoms with Gasteiger partial charge in [0, 0.05) is 36.7 Å². The van der Waals surface area contributed by atoms with E-state index < -0.39 is 24.3 Å². The number of aromatic nitrogens is 4. The first-order chi connectivity index (χ1) is 29.3. The van der Waals surface area contributed by atoms with Crippen molar-refractivity contribution in [3.8, 4) is 22.4 Å². The smallest absolute Gasteiger partial charge is 0.407 e. The monoisotopic (exact) mass is 850 g/mol. The molecule has 8 rings (SSSR count). The number of hydrogen-bond acceptors (Lipinski definition) is 13. The molecule has 5 aromatic rings. The van der Waals surface area contributed by atoms with Crippen LogP contribution in [0.25, 0.3) is 22.4 Å². The van der Waals surface area contributed by atoms with Gasteiger partial charge >= 0.3 is 12.2 Å². The zero-order valence-electron chi connectivity index (χ0n) is 33.2. The van der Waals surface area contributed by atoms with E-state index in [1.165, 1.54) is 36.9 Å². The molecule has 2 aromatic carbocycles. The summed E-state index contributed by atoms with van der Waals surface area (Å²) in [5, 5.41) is 12.7. The fraction of sp³-hybridized carbons (Fsp3) is 0.381. The van der Waals surface area contributed by atoms with Gasteiger partial charge in [-0.05, 0) is 47.9 Å². The summed E-state index contributed by atoms with van der Waals surface area (Å²) < 4.78 is 9.62. The van der Waals surface area contributed by atoms with E-state index >= 15 is 0 Å². The molecule has 3 aliphatic rings. The van der Waals surface area contributed by atoms with Gasteiger partial charge in [0.05, 0.1) is 73.2 Å². The van der Waals surface area contributed by atoms with Gasteiger partial charge in [0.1, 0.15) is 23.7 Å². The highest BCUT2D eigenvalue weighted by atomic mass is 32.1. The largest absolute Gasteiger partial charge is 0.453 e. The van der Waals surface area contributed by atoms with Crippen molar-refractivity contribution in [2.24, 2.45) is 4.99 Å². The summed E-state index contributed by atoms with van der Waals surface area (Å²) in [6, 6.07) is 14.6. The van der Waals surface area contributed by atoms with Crippen LogP contribution in [0.4, 0.5) is 9.59 Å². The lowest BCUT2D eigenvalue weighted by molar-refractivity contribution is -0.134. The maximum absolute atomic E-state index is 13.8. The van der Waals surface area contributed by atoms with E-state index in [9.17, 15) is 19.2 Å². The van der Waals surface area contributed by atoms with Crippen LogP contribution in [0.2, 0.25) is 0 Å². The lowest BCUT2D eigenvalue weighted by Crippen LogP contribution is -2.53. The quantitative estimate of drug-likeness (QED) is 0.121. The Hall–Kier alpha value is -6.14. The molecular weight excluding hydrogens is 805 g/mol. The second-order valence-corrected chi connectivity index (χ2v) is 16.4. The Morgan fingerprint density at radius 3 is 1.83 bits per heavy atom. The van der Waals surface area contributed by atoms with Crippen molar-refractivity contribution in [2.45, 2.75) is 68.7 Å². The molecule has 0 spiro atoms. The summed E-state index contributed by atoms with van der Waals surface area (Å²) in [4.78, 5) is 77.2. The maximum atomic E-state index is 13.8. The Kier molecular flexibility index (Phi) is 12.5. The number of aliphatic imine (C=N–C) groups is 1. The number of carbonyl (C=O) groups is 4. The number of ether oxygens (including phenoxy) is 2. The zero-order chi connectivity index (χ0) is 41.6. The standard InChI is InChI=1S/C42H46N10O6S2/c1-57-41(55)49-31(17-29-21-59-23-45-29)39(53)51-15-3-5-35(51)37-43-19-33(47-37)27-11-7-25(8-12-27)26-9-13-28(14-10-26)34-20-44-38(48-34)36-6-4-16-52(36)40(54)32(50-42(56)58-2)18-30-22-60-24-46-30/h7-14,19,21-24,31-32,34-36H,3-6,15-18,20H2,1-2H3,(H,43,47)(H,44,48)(H,49,55)(H,50,56)/t31-,32-,34?,35-,36-/m0/s1. The van der Waals surface area contributed by atoms with Crippen LogP contribution in [0, 0.1) is 0 Å². The lowest BCUT2D eigenvalue weighted by atomic mass is 9.99. The van der Waals surface area contributed by atoms with E-state index in [-0.39, 0.29) is 42.8 Å². The van der Waals surface area contributed by atoms with Crippen LogP contribution in [0.15, 0.2) is 81.5 Å². The predicted molar refractivity (Wildman–Crippen MR) is 226 cm³/mol. The molecule has 3 aliphatic heterocycles. The SMILES string of the molecule is COC(=O)N[C@@H](Cc1cscn1)C(=O)N1CCC[C@H]1C1=NCC(c2ccc(-c3ccc(-c4cnc([C@@H]5CCCN5C(=O)[C@H](Cc5cscn5)NC(=O)OC)[nH]4)cc3)cc2)N1. The summed E-state index contributed by atoms with van der Waals surface area (Å²) in [5.74, 6) is 1.11. The molecule has 4 N–H and O–H groups in total. The van der Waals surface area contributed by atoms with E-state index in [1.807, 2.05) is 15.7 Å². The number of nitrogens with zero attached hydrogens (tertiary/aromatic N) is 6. The van der Waals surface area contributed by atoms with Gasteiger partial charge < -0.3 is 40.2 Å². The number of nitrogens with one attached hydrogen (secondary N) is 4. The molecule has 6 heterocycles. The molecule has 3 aromatic heterocycles. The third-order valence-electron chi connectivity index (χ3n) is 11.3. The molecule has 0 bridgehead atoms. The highest BCUT2D eigenvalue weighted by Crippen LogP contribution is 2.33. The predicted octanol–water partition coefficient (Wildman–Crippen LogP) is 5.29. The van der Waals surface area contributed by atoms with Crippen LogP contribution in [0.5, 0.6) is 0 Å². The number of benzene rings is 2. The molecule has 5 atom stereocenters. The van der Waals surface area contributed by atoms with Gasteiger partial charge in [0.25, 0.3) is 0 Å². The molecule has 60 heavy (non-hydrogen) atoms. The summed E-state index contributed by atoms with van der Waals surface area (Å²) in [6.07, 6.45) is 4.21. The van der Waals surface area contributed by atoms with Crippen molar-refractivity contribution < 1.29 is 28.7 Å². The van der Waals surface area contributed by atoms with Crippen molar-refractivity contribution >= 4 is 52.5 Å². The summed E-state index contributed by atoms with van der Waals surface area (Å²) in [6.45, 7) is 1.69. The molecular formula is C42H46N10O6S2. The Labute approximate surface area is 354 Å². The van der Waals surface area contributed by atoms with Crippen LogP contribution in [0.3, 0.4) is 0 Å². The minimum absolute atomic E-state index is 0.0263. The van der Waals surface area contributed by atoms with Gasteiger partial charge in [0.2, 0.25) is 11.8 Å². The number of amidine groups is 1. The number of aromatic amines is 1. The van der Waals surface area contributed by atoms with Gasteiger partial charge in [-0.1, -0.05) is 48.5 Å². The third kappa shape index (κ3) is 9.03. The van der Waals surface area contributed by atoms with Crippen LogP contribution in [-0.4, -0.2) is 112 Å². The summed E-state index contributed by atoms with van der Waals surface area (Å²) >= 11 is 2.88. The number of rotatable bonds is 13. The molecule has 16 nitrogen and oxygen atoms in total. The molecule has 4 amide bonds. The average Bonchev–Trinajstić information content (AvgIpc) is 4.12. The number of imidazole rings is 1. The number of amides is 4. The van der Waals surface area contributed by atoms with E-state index in [0.717, 1.165) is 70.9 Å². The van der Waals surface area contributed by atoms with Crippen molar-refractivity contribution in [2.75, 3.05) is 33.9 Å². The van der Waals surface area contributed by atoms with Crippen LogP contribution < -0.4 is 16.0 Å². The molecule has 0 radical (unpaired) electrons. The second-order valence-electron chi connectivity index (χ2n) is 14.9. The number of hydrogen-bond donors (Lipinski definition) is 4. The average molecular weight is 851 g/mol. The first kappa shape index (κ1) is 40.6. The van der Waals surface area contributed by atoms with Gasteiger partial charge in [-0.15, -0.1) is 22.7 Å². The zero-order valence-corrected chi connectivity index (χ0v) is 34.8. The van der Waals surface area contributed by atoms with Crippen molar-refractivity contribution in [1.82, 2.24) is 45.7 Å². The van der Waals surface area contributed by atoms with E-state index in [2.05, 4.69) is 79.4 Å². The first-order valence-corrected chi connectivity index (χ1v) is 21.8. The molecule has 2 fully saturated rings. The maximum Gasteiger partial charge on any atom is 0.407 e. The van der Waals surface area contributed by atoms with Crippen LogP contribution in [0.1, 0.15) is 60.5 Å². The van der Waals surface area contributed by atoms with Gasteiger partial charge in [-0.25, -0.2) is 24.5 Å². The van der Waals surface area contributed by atoms with Gasteiger partial charge in [0.15, 0.2) is 0 Å². The fourth-order valence-electron chi connectivity index (χ4n) is 8.18. The first-order valence-electron chi connectivity index (χ1n) is 19.9. The fourth-order valence-corrected chi connectivity index (χ4v) is 9.32. The second kappa shape index (κ2) is 18.4. The topological polar surface area (TPSA) is 196 Å². The molecule has 312 valence electrons.